The van der Waals surface area contributed by atoms with Crippen LogP contribution in [0.3, 0.4) is 0 Å². The van der Waals surface area contributed by atoms with Crippen LogP contribution in [0.2, 0.25) is 0 Å². The van der Waals surface area contributed by atoms with Crippen LogP contribution in [0.5, 0.6) is 0 Å². The van der Waals surface area contributed by atoms with Crippen LogP contribution in [0.25, 0.3) is 16.9 Å². The number of fused-ring (bicyclic) bond motifs is 1. The molecular formula is C20H16BrFN2S. The number of rotatable bonds is 3. The Morgan fingerprint density at radius 2 is 1.92 bits per heavy atom. The fraction of sp³-hybridized carbons (Fsp3) is 0.150. The van der Waals surface area contributed by atoms with E-state index in [1.165, 1.54) is 17.7 Å². The Balaban J connectivity index is 2.00. The Morgan fingerprint density at radius 3 is 2.60 bits per heavy atom. The molecule has 4 rings (SSSR count). The normalized spacial score (nSPS) is 11.4. The van der Waals surface area contributed by atoms with Gasteiger partial charge in [-0.05, 0) is 88.1 Å². The van der Waals surface area contributed by atoms with Crippen LogP contribution in [0, 0.1) is 19.7 Å². The smallest absolute Gasteiger partial charge is 0.138 e. The first-order chi connectivity index (χ1) is 12.0. The van der Waals surface area contributed by atoms with Crippen molar-refractivity contribution in [1.29, 1.82) is 0 Å². The highest BCUT2D eigenvalue weighted by molar-refractivity contribution is 9.10. The molecule has 25 heavy (non-hydrogen) atoms. The SMILES string of the molecule is Cc1cc2nc(-c3ccc(F)cc3)c(Cc3ccsc3)n2c(C)c1Br. The predicted molar refractivity (Wildman–Crippen MR) is 105 cm³/mol. The van der Waals surface area contributed by atoms with E-state index in [1.807, 2.05) is 0 Å². The zero-order chi connectivity index (χ0) is 17.6. The zero-order valence-electron chi connectivity index (χ0n) is 13.9. The van der Waals surface area contributed by atoms with E-state index in [0.717, 1.165) is 44.7 Å². The van der Waals surface area contributed by atoms with Crippen molar-refractivity contribution in [2.45, 2.75) is 20.3 Å². The van der Waals surface area contributed by atoms with Gasteiger partial charge in [0.25, 0.3) is 0 Å². The van der Waals surface area contributed by atoms with Crippen LogP contribution in [0.4, 0.5) is 4.39 Å². The van der Waals surface area contributed by atoms with E-state index >= 15 is 0 Å². The third-order valence-corrected chi connectivity index (χ3v) is 6.34. The number of pyridine rings is 1. The first-order valence-electron chi connectivity index (χ1n) is 7.98. The molecule has 126 valence electrons. The molecule has 3 heterocycles. The minimum atomic E-state index is -0.235. The van der Waals surface area contributed by atoms with Gasteiger partial charge in [-0.2, -0.15) is 11.3 Å². The molecule has 0 N–H and O–H groups in total. The van der Waals surface area contributed by atoms with E-state index in [2.05, 4.69) is 57.1 Å². The summed E-state index contributed by atoms with van der Waals surface area (Å²) in [4.78, 5) is 4.88. The van der Waals surface area contributed by atoms with E-state index in [9.17, 15) is 4.39 Å². The Morgan fingerprint density at radius 1 is 1.16 bits per heavy atom. The van der Waals surface area contributed by atoms with Gasteiger partial charge in [0.15, 0.2) is 0 Å². The van der Waals surface area contributed by atoms with Crippen LogP contribution in [0.15, 0.2) is 51.6 Å². The Bertz CT molecular complexity index is 1050. The highest BCUT2D eigenvalue weighted by Gasteiger charge is 2.18. The molecule has 4 aromatic rings. The number of nitrogens with zero attached hydrogens (tertiary/aromatic N) is 2. The van der Waals surface area contributed by atoms with Crippen molar-refractivity contribution in [1.82, 2.24) is 9.38 Å². The number of aromatic nitrogens is 2. The summed E-state index contributed by atoms with van der Waals surface area (Å²) in [5, 5.41) is 4.25. The van der Waals surface area contributed by atoms with E-state index in [-0.39, 0.29) is 5.82 Å². The van der Waals surface area contributed by atoms with Gasteiger partial charge in [0.1, 0.15) is 11.5 Å². The monoisotopic (exact) mass is 414 g/mol. The molecule has 0 aliphatic heterocycles. The van der Waals surface area contributed by atoms with E-state index < -0.39 is 0 Å². The molecule has 0 aliphatic carbocycles. The van der Waals surface area contributed by atoms with Gasteiger partial charge >= 0.3 is 0 Å². The first-order valence-corrected chi connectivity index (χ1v) is 9.72. The molecular weight excluding hydrogens is 399 g/mol. The number of benzene rings is 1. The zero-order valence-corrected chi connectivity index (χ0v) is 16.3. The maximum absolute atomic E-state index is 13.4. The minimum absolute atomic E-state index is 0.235. The molecule has 0 atom stereocenters. The summed E-state index contributed by atoms with van der Waals surface area (Å²) in [6, 6.07) is 10.8. The molecule has 0 saturated carbocycles. The molecule has 5 heteroatoms. The van der Waals surface area contributed by atoms with Crippen LogP contribution >= 0.6 is 27.3 Å². The standard InChI is InChI=1S/C20H16BrFN2S/c1-12-9-18-23-20(15-3-5-16(22)6-4-15)17(10-14-7-8-25-11-14)24(18)13(2)19(12)21/h3-9,11H,10H2,1-2H3. The maximum Gasteiger partial charge on any atom is 0.138 e. The second-order valence-corrected chi connectivity index (χ2v) is 7.72. The van der Waals surface area contributed by atoms with Crippen LogP contribution in [-0.2, 0) is 6.42 Å². The Labute approximate surface area is 158 Å². The van der Waals surface area contributed by atoms with Gasteiger partial charge in [-0.1, -0.05) is 0 Å². The summed E-state index contributed by atoms with van der Waals surface area (Å²) in [6.45, 7) is 4.17. The number of thiophene rings is 1. The van der Waals surface area contributed by atoms with Crippen molar-refractivity contribution in [2.75, 3.05) is 0 Å². The highest BCUT2D eigenvalue weighted by atomic mass is 79.9. The molecule has 0 bridgehead atoms. The number of imidazole rings is 1. The van der Waals surface area contributed by atoms with Crippen molar-refractivity contribution >= 4 is 32.9 Å². The molecule has 0 fully saturated rings. The summed E-state index contributed by atoms with van der Waals surface area (Å²) in [7, 11) is 0. The average Bonchev–Trinajstić information content (AvgIpc) is 3.22. The number of hydrogen-bond donors (Lipinski definition) is 0. The lowest BCUT2D eigenvalue weighted by Crippen LogP contribution is -2.01. The van der Waals surface area contributed by atoms with Crippen molar-refractivity contribution in [3.05, 3.63) is 80.0 Å². The molecule has 3 aromatic heterocycles. The summed E-state index contributed by atoms with van der Waals surface area (Å²) < 4.78 is 16.6. The number of halogens is 2. The largest absolute Gasteiger partial charge is 0.299 e. The van der Waals surface area contributed by atoms with Crippen molar-refractivity contribution in [2.24, 2.45) is 0 Å². The van der Waals surface area contributed by atoms with Crippen LogP contribution in [0.1, 0.15) is 22.5 Å². The summed E-state index contributed by atoms with van der Waals surface area (Å²) in [5.74, 6) is -0.235. The average molecular weight is 415 g/mol. The molecule has 0 saturated heterocycles. The lowest BCUT2D eigenvalue weighted by Gasteiger charge is -2.10. The molecule has 2 nitrogen and oxygen atoms in total. The summed E-state index contributed by atoms with van der Waals surface area (Å²) >= 11 is 5.38. The fourth-order valence-corrected chi connectivity index (χ4v) is 4.13. The second kappa shape index (κ2) is 6.39. The minimum Gasteiger partial charge on any atom is -0.299 e. The van der Waals surface area contributed by atoms with Crippen molar-refractivity contribution in [3.63, 3.8) is 0 Å². The molecule has 0 amide bonds. The lowest BCUT2D eigenvalue weighted by atomic mass is 10.1. The lowest BCUT2D eigenvalue weighted by molar-refractivity contribution is 0.628. The number of aryl methyl sites for hydroxylation is 2. The van der Waals surface area contributed by atoms with Crippen molar-refractivity contribution in [3.8, 4) is 11.3 Å². The van der Waals surface area contributed by atoms with Gasteiger partial charge in [-0.15, -0.1) is 0 Å². The third-order valence-electron chi connectivity index (χ3n) is 4.41. The Hall–Kier alpha value is -1.98. The molecule has 0 radical (unpaired) electrons. The van der Waals surface area contributed by atoms with Gasteiger partial charge in [0.05, 0.1) is 11.4 Å². The summed E-state index contributed by atoms with van der Waals surface area (Å²) in [6.07, 6.45) is 0.785. The molecule has 0 unspecified atom stereocenters. The van der Waals surface area contributed by atoms with Gasteiger partial charge in [-0.3, -0.25) is 4.40 Å². The molecule has 1 aromatic carbocycles. The van der Waals surface area contributed by atoms with Gasteiger partial charge in [-0.25, -0.2) is 9.37 Å². The topological polar surface area (TPSA) is 17.3 Å². The quantitative estimate of drug-likeness (QED) is 0.391. The van der Waals surface area contributed by atoms with Gasteiger partial charge in [0.2, 0.25) is 0 Å². The van der Waals surface area contributed by atoms with Crippen LogP contribution in [-0.4, -0.2) is 9.38 Å². The first kappa shape index (κ1) is 16.5. The summed E-state index contributed by atoms with van der Waals surface area (Å²) in [5.41, 5.74) is 7.42. The van der Waals surface area contributed by atoms with Gasteiger partial charge in [0, 0.05) is 22.2 Å². The van der Waals surface area contributed by atoms with Crippen LogP contribution < -0.4 is 0 Å². The Kier molecular flexibility index (Phi) is 4.21. The third kappa shape index (κ3) is 2.92. The number of hydrogen-bond acceptors (Lipinski definition) is 2. The molecule has 0 aliphatic rings. The van der Waals surface area contributed by atoms with Crippen molar-refractivity contribution < 1.29 is 4.39 Å². The van der Waals surface area contributed by atoms with E-state index in [1.54, 1.807) is 23.5 Å². The van der Waals surface area contributed by atoms with E-state index in [0.29, 0.717) is 0 Å². The highest BCUT2D eigenvalue weighted by Crippen LogP contribution is 2.31. The second-order valence-electron chi connectivity index (χ2n) is 6.14. The van der Waals surface area contributed by atoms with Gasteiger partial charge < -0.3 is 0 Å². The predicted octanol–water partition coefficient (Wildman–Crippen LogP) is 6.17. The van der Waals surface area contributed by atoms with E-state index in [4.69, 9.17) is 4.98 Å². The fourth-order valence-electron chi connectivity index (χ4n) is 3.17. The maximum atomic E-state index is 13.4. The molecule has 0 spiro atoms.